The second-order valence-electron chi connectivity index (χ2n) is 3.15. The fourth-order valence-electron chi connectivity index (χ4n) is 1.25. The van der Waals surface area contributed by atoms with Gasteiger partial charge in [0.2, 0.25) is 0 Å². The summed E-state index contributed by atoms with van der Waals surface area (Å²) in [6.07, 6.45) is 3.52. The highest BCUT2D eigenvalue weighted by atomic mass is 15.1. The Morgan fingerprint density at radius 2 is 2.13 bits per heavy atom. The first-order valence-electron chi connectivity index (χ1n) is 4.60. The summed E-state index contributed by atoms with van der Waals surface area (Å²) >= 11 is 0. The van der Waals surface area contributed by atoms with Crippen molar-refractivity contribution in [1.29, 1.82) is 5.26 Å². The molecule has 1 aromatic carbocycles. The minimum absolute atomic E-state index is 0.682. The summed E-state index contributed by atoms with van der Waals surface area (Å²) in [5.41, 5.74) is 2.77. The fourth-order valence-corrected chi connectivity index (χ4v) is 1.25. The topological polar surface area (TPSA) is 64.5 Å². The Hall–Kier alpha value is -2.28. The highest BCUT2D eigenvalue weighted by Crippen LogP contribution is 2.07. The number of aromatic amines is 1. The van der Waals surface area contributed by atoms with Gasteiger partial charge in [-0.3, -0.25) is 5.10 Å². The predicted molar refractivity (Wildman–Crippen MR) is 57.1 cm³/mol. The maximum atomic E-state index is 8.63. The number of rotatable bonds is 3. The fraction of sp³-hybridized carbons (Fsp3) is 0.0909. The van der Waals surface area contributed by atoms with Gasteiger partial charge in [0, 0.05) is 12.7 Å². The zero-order valence-electron chi connectivity index (χ0n) is 8.07. The molecule has 4 nitrogen and oxygen atoms in total. The SMILES string of the molecule is N#Cc1ccc(CNc2cn[nH]c2)cc1. The van der Waals surface area contributed by atoms with E-state index in [2.05, 4.69) is 21.6 Å². The van der Waals surface area contributed by atoms with Crippen molar-refractivity contribution in [2.24, 2.45) is 0 Å². The lowest BCUT2D eigenvalue weighted by atomic mass is 10.1. The van der Waals surface area contributed by atoms with Crippen LogP contribution in [0.4, 0.5) is 5.69 Å². The summed E-state index contributed by atoms with van der Waals surface area (Å²) in [6.45, 7) is 0.727. The van der Waals surface area contributed by atoms with Crippen molar-refractivity contribution in [3.63, 3.8) is 0 Å². The van der Waals surface area contributed by atoms with Crippen LogP contribution < -0.4 is 5.32 Å². The van der Waals surface area contributed by atoms with Gasteiger partial charge in [-0.1, -0.05) is 12.1 Å². The van der Waals surface area contributed by atoms with Crippen LogP contribution in [0.25, 0.3) is 0 Å². The van der Waals surface area contributed by atoms with Gasteiger partial charge in [0.05, 0.1) is 23.5 Å². The van der Waals surface area contributed by atoms with Crippen molar-refractivity contribution < 1.29 is 0 Å². The summed E-state index contributed by atoms with van der Waals surface area (Å²) < 4.78 is 0. The van der Waals surface area contributed by atoms with Gasteiger partial charge in [-0.15, -0.1) is 0 Å². The molecule has 2 N–H and O–H groups in total. The molecule has 0 aliphatic carbocycles. The highest BCUT2D eigenvalue weighted by molar-refractivity contribution is 5.39. The van der Waals surface area contributed by atoms with Gasteiger partial charge >= 0.3 is 0 Å². The van der Waals surface area contributed by atoms with E-state index in [0.29, 0.717) is 5.56 Å². The van der Waals surface area contributed by atoms with Crippen LogP contribution >= 0.6 is 0 Å². The molecule has 0 saturated carbocycles. The molecule has 0 aliphatic heterocycles. The van der Waals surface area contributed by atoms with Crippen molar-refractivity contribution in [2.45, 2.75) is 6.54 Å². The monoisotopic (exact) mass is 198 g/mol. The molecule has 0 spiro atoms. The molecule has 0 atom stereocenters. The number of nitrogens with zero attached hydrogens (tertiary/aromatic N) is 2. The zero-order chi connectivity index (χ0) is 10.5. The number of anilines is 1. The minimum Gasteiger partial charge on any atom is -0.378 e. The number of benzene rings is 1. The molecule has 0 bridgehead atoms. The standard InChI is InChI=1S/C11H10N4/c12-5-9-1-3-10(4-2-9)6-13-11-7-14-15-8-11/h1-4,7-8,13H,6H2,(H,14,15). The van der Waals surface area contributed by atoms with Crippen molar-refractivity contribution in [3.05, 3.63) is 47.8 Å². The van der Waals surface area contributed by atoms with E-state index in [4.69, 9.17) is 5.26 Å². The van der Waals surface area contributed by atoms with Crippen molar-refractivity contribution in [3.8, 4) is 6.07 Å². The molecule has 0 amide bonds. The summed E-state index contributed by atoms with van der Waals surface area (Å²) in [7, 11) is 0. The minimum atomic E-state index is 0.682. The molecule has 0 radical (unpaired) electrons. The summed E-state index contributed by atoms with van der Waals surface area (Å²) in [5, 5.41) is 18.4. The van der Waals surface area contributed by atoms with Crippen LogP contribution in [0.5, 0.6) is 0 Å². The highest BCUT2D eigenvalue weighted by Gasteiger charge is 1.95. The summed E-state index contributed by atoms with van der Waals surface area (Å²) in [6, 6.07) is 9.58. The number of hydrogen-bond donors (Lipinski definition) is 2. The first kappa shape index (κ1) is 9.28. The van der Waals surface area contributed by atoms with Crippen molar-refractivity contribution in [2.75, 3.05) is 5.32 Å². The van der Waals surface area contributed by atoms with Crippen LogP contribution in [0.15, 0.2) is 36.7 Å². The molecule has 2 aromatic rings. The molecule has 15 heavy (non-hydrogen) atoms. The van der Waals surface area contributed by atoms with Crippen LogP contribution in [0.2, 0.25) is 0 Å². The van der Waals surface area contributed by atoms with Crippen LogP contribution in [0.1, 0.15) is 11.1 Å². The van der Waals surface area contributed by atoms with Gasteiger partial charge in [-0.05, 0) is 17.7 Å². The molecule has 0 saturated heterocycles. The second-order valence-corrected chi connectivity index (χ2v) is 3.15. The van der Waals surface area contributed by atoms with Gasteiger partial charge in [-0.2, -0.15) is 10.4 Å². The van der Waals surface area contributed by atoms with Gasteiger partial charge in [0.15, 0.2) is 0 Å². The third-order valence-corrected chi connectivity index (χ3v) is 2.08. The molecule has 1 heterocycles. The van der Waals surface area contributed by atoms with E-state index in [9.17, 15) is 0 Å². The van der Waals surface area contributed by atoms with Gasteiger partial charge < -0.3 is 5.32 Å². The second kappa shape index (κ2) is 4.29. The third-order valence-electron chi connectivity index (χ3n) is 2.08. The maximum Gasteiger partial charge on any atom is 0.0991 e. The smallest absolute Gasteiger partial charge is 0.0991 e. The number of hydrogen-bond acceptors (Lipinski definition) is 3. The van der Waals surface area contributed by atoms with Crippen LogP contribution in [-0.2, 0) is 6.54 Å². The Balaban J connectivity index is 1.97. The summed E-state index contributed by atoms with van der Waals surface area (Å²) in [4.78, 5) is 0. The largest absolute Gasteiger partial charge is 0.378 e. The number of aromatic nitrogens is 2. The Bertz CT molecular complexity index is 450. The Morgan fingerprint density at radius 1 is 1.33 bits per heavy atom. The third kappa shape index (κ3) is 2.35. The first-order chi connectivity index (χ1) is 7.38. The Kier molecular flexibility index (Phi) is 2.65. The van der Waals surface area contributed by atoms with Crippen LogP contribution in [-0.4, -0.2) is 10.2 Å². The molecule has 74 valence electrons. The molecule has 0 aliphatic rings. The number of nitriles is 1. The molecular formula is C11H10N4. The van der Waals surface area contributed by atoms with Gasteiger partial charge in [0.25, 0.3) is 0 Å². The van der Waals surface area contributed by atoms with E-state index >= 15 is 0 Å². The zero-order valence-corrected chi connectivity index (χ0v) is 8.07. The quantitative estimate of drug-likeness (QED) is 0.791. The van der Waals surface area contributed by atoms with E-state index in [0.717, 1.165) is 17.8 Å². The van der Waals surface area contributed by atoms with Crippen molar-refractivity contribution in [1.82, 2.24) is 10.2 Å². The molecular weight excluding hydrogens is 188 g/mol. The lowest BCUT2D eigenvalue weighted by Gasteiger charge is -2.02. The van der Waals surface area contributed by atoms with Gasteiger partial charge in [0.1, 0.15) is 0 Å². The normalized spacial score (nSPS) is 9.53. The van der Waals surface area contributed by atoms with E-state index < -0.39 is 0 Å². The molecule has 0 unspecified atom stereocenters. The lowest BCUT2D eigenvalue weighted by molar-refractivity contribution is 1.09. The molecule has 0 fully saturated rings. The maximum absolute atomic E-state index is 8.63. The Labute approximate surface area is 87.6 Å². The lowest BCUT2D eigenvalue weighted by Crippen LogP contribution is -1.97. The Morgan fingerprint density at radius 3 is 2.73 bits per heavy atom. The number of H-pyrrole nitrogens is 1. The van der Waals surface area contributed by atoms with Crippen molar-refractivity contribution >= 4 is 5.69 Å². The number of nitrogens with one attached hydrogen (secondary N) is 2. The van der Waals surface area contributed by atoms with Crippen LogP contribution in [0, 0.1) is 11.3 Å². The first-order valence-corrected chi connectivity index (χ1v) is 4.60. The van der Waals surface area contributed by atoms with E-state index in [1.807, 2.05) is 24.3 Å². The van der Waals surface area contributed by atoms with Gasteiger partial charge in [-0.25, -0.2) is 0 Å². The molecule has 4 heteroatoms. The van der Waals surface area contributed by atoms with Crippen LogP contribution in [0.3, 0.4) is 0 Å². The predicted octanol–water partition coefficient (Wildman–Crippen LogP) is 1.89. The average Bonchev–Trinajstić information content (AvgIpc) is 2.80. The molecule has 2 rings (SSSR count). The average molecular weight is 198 g/mol. The summed E-state index contributed by atoms with van der Waals surface area (Å²) in [5.74, 6) is 0. The van der Waals surface area contributed by atoms with E-state index in [1.165, 1.54) is 0 Å². The molecule has 1 aromatic heterocycles. The van der Waals surface area contributed by atoms with E-state index in [1.54, 1.807) is 12.4 Å². The van der Waals surface area contributed by atoms with E-state index in [-0.39, 0.29) is 0 Å².